The highest BCUT2D eigenvalue weighted by molar-refractivity contribution is 5.86. The lowest BCUT2D eigenvalue weighted by Gasteiger charge is -2.14. The molecule has 0 aromatic heterocycles. The molecule has 0 aliphatic rings. The van der Waals surface area contributed by atoms with E-state index in [2.05, 4.69) is 24.1 Å². The molecular formula is C11H22N2O3. The highest BCUT2D eigenvalue weighted by atomic mass is 16.5. The van der Waals surface area contributed by atoms with E-state index in [0.29, 0.717) is 12.1 Å². The summed E-state index contributed by atoms with van der Waals surface area (Å²) >= 11 is 0. The molecule has 0 fully saturated rings. The fraction of sp³-hybridized carbons (Fsp3) is 0.727. The number of hydrogen-bond acceptors (Lipinski definition) is 5. The third-order valence-electron chi connectivity index (χ3n) is 1.89. The summed E-state index contributed by atoms with van der Waals surface area (Å²) in [6, 6.07) is 0. The molecule has 5 nitrogen and oxygen atoms in total. The molecule has 1 atom stereocenters. The molecule has 0 aromatic rings. The number of aliphatic hydroxyl groups excluding tert-OH is 1. The van der Waals surface area contributed by atoms with Crippen molar-refractivity contribution in [2.75, 3.05) is 19.7 Å². The Balaban J connectivity index is 3.37. The SMILES string of the molecule is C=C(C)C(=O)OCCNC(O)NCCCC. The van der Waals surface area contributed by atoms with Crippen LogP contribution in [0, 0.1) is 0 Å². The van der Waals surface area contributed by atoms with Gasteiger partial charge in [0.2, 0.25) is 0 Å². The van der Waals surface area contributed by atoms with Crippen molar-refractivity contribution in [3.05, 3.63) is 12.2 Å². The number of rotatable bonds is 9. The van der Waals surface area contributed by atoms with Crippen LogP contribution in [0.3, 0.4) is 0 Å². The summed E-state index contributed by atoms with van der Waals surface area (Å²) in [7, 11) is 0. The van der Waals surface area contributed by atoms with E-state index in [9.17, 15) is 9.90 Å². The number of ether oxygens (including phenoxy) is 1. The number of aliphatic hydroxyl groups is 1. The van der Waals surface area contributed by atoms with Gasteiger partial charge in [0.1, 0.15) is 6.61 Å². The van der Waals surface area contributed by atoms with Crippen molar-refractivity contribution in [3.8, 4) is 0 Å². The molecule has 0 saturated heterocycles. The molecule has 0 heterocycles. The Morgan fingerprint density at radius 2 is 2.06 bits per heavy atom. The summed E-state index contributed by atoms with van der Waals surface area (Å²) < 4.78 is 4.84. The largest absolute Gasteiger partial charge is 0.461 e. The molecule has 0 spiro atoms. The predicted molar refractivity (Wildman–Crippen MR) is 62.7 cm³/mol. The Morgan fingerprint density at radius 1 is 1.44 bits per heavy atom. The van der Waals surface area contributed by atoms with Crippen molar-refractivity contribution in [1.82, 2.24) is 10.6 Å². The van der Waals surface area contributed by atoms with Crippen LogP contribution in [-0.4, -0.2) is 37.1 Å². The smallest absolute Gasteiger partial charge is 0.333 e. The van der Waals surface area contributed by atoms with Crippen LogP contribution in [0.2, 0.25) is 0 Å². The van der Waals surface area contributed by atoms with Gasteiger partial charge >= 0.3 is 5.97 Å². The normalized spacial score (nSPS) is 12.2. The van der Waals surface area contributed by atoms with Gasteiger partial charge in [-0.15, -0.1) is 0 Å². The molecule has 5 heteroatoms. The fourth-order valence-corrected chi connectivity index (χ4v) is 0.950. The van der Waals surface area contributed by atoms with E-state index < -0.39 is 12.3 Å². The van der Waals surface area contributed by atoms with Gasteiger partial charge in [-0.3, -0.25) is 10.6 Å². The third-order valence-corrected chi connectivity index (χ3v) is 1.89. The highest BCUT2D eigenvalue weighted by Crippen LogP contribution is 1.90. The summed E-state index contributed by atoms with van der Waals surface area (Å²) in [6.45, 7) is 8.52. The molecule has 3 N–H and O–H groups in total. The maximum absolute atomic E-state index is 11.0. The standard InChI is InChI=1S/C11H22N2O3/c1-4-5-6-12-11(15)13-7-8-16-10(14)9(2)3/h11-13,15H,2,4-8H2,1,3H3. The molecule has 0 amide bonds. The summed E-state index contributed by atoms with van der Waals surface area (Å²) in [6.07, 6.45) is 1.34. The van der Waals surface area contributed by atoms with Crippen LogP contribution >= 0.6 is 0 Å². The quantitative estimate of drug-likeness (QED) is 0.231. The van der Waals surface area contributed by atoms with Crippen molar-refractivity contribution < 1.29 is 14.6 Å². The van der Waals surface area contributed by atoms with Crippen molar-refractivity contribution in [2.24, 2.45) is 0 Å². The van der Waals surface area contributed by atoms with E-state index in [-0.39, 0.29) is 6.61 Å². The maximum atomic E-state index is 11.0. The van der Waals surface area contributed by atoms with E-state index >= 15 is 0 Å². The van der Waals surface area contributed by atoms with Crippen LogP contribution < -0.4 is 10.6 Å². The van der Waals surface area contributed by atoms with E-state index in [0.717, 1.165) is 19.4 Å². The average molecular weight is 230 g/mol. The van der Waals surface area contributed by atoms with Crippen molar-refractivity contribution >= 4 is 5.97 Å². The first kappa shape index (κ1) is 15.1. The topological polar surface area (TPSA) is 70.6 Å². The van der Waals surface area contributed by atoms with Crippen LogP contribution in [0.1, 0.15) is 26.7 Å². The molecule has 0 radical (unpaired) electrons. The lowest BCUT2D eigenvalue weighted by atomic mass is 10.3. The number of nitrogens with one attached hydrogen (secondary N) is 2. The van der Waals surface area contributed by atoms with Gasteiger partial charge in [-0.25, -0.2) is 4.79 Å². The second kappa shape index (κ2) is 9.33. The van der Waals surface area contributed by atoms with Crippen LogP contribution in [0.5, 0.6) is 0 Å². The molecule has 0 saturated carbocycles. The second-order valence-electron chi connectivity index (χ2n) is 3.58. The molecule has 0 rings (SSSR count). The molecular weight excluding hydrogens is 208 g/mol. The monoisotopic (exact) mass is 230 g/mol. The maximum Gasteiger partial charge on any atom is 0.333 e. The molecule has 0 aliphatic carbocycles. The van der Waals surface area contributed by atoms with Crippen LogP contribution in [0.25, 0.3) is 0 Å². The van der Waals surface area contributed by atoms with Gasteiger partial charge in [-0.2, -0.15) is 0 Å². The fourth-order valence-electron chi connectivity index (χ4n) is 0.950. The van der Waals surface area contributed by atoms with Gasteiger partial charge in [0.25, 0.3) is 0 Å². The zero-order valence-corrected chi connectivity index (χ0v) is 10.1. The summed E-state index contributed by atoms with van der Waals surface area (Å²) in [5, 5.41) is 15.0. The number of hydrogen-bond donors (Lipinski definition) is 3. The van der Waals surface area contributed by atoms with E-state index in [4.69, 9.17) is 4.74 Å². The first-order valence-electron chi connectivity index (χ1n) is 5.55. The third kappa shape index (κ3) is 8.40. The number of esters is 1. The zero-order valence-electron chi connectivity index (χ0n) is 10.1. The van der Waals surface area contributed by atoms with Gasteiger partial charge in [0.05, 0.1) is 0 Å². The van der Waals surface area contributed by atoms with Crippen LogP contribution in [-0.2, 0) is 9.53 Å². The first-order valence-corrected chi connectivity index (χ1v) is 5.55. The molecule has 0 aliphatic heterocycles. The lowest BCUT2D eigenvalue weighted by molar-refractivity contribution is -0.139. The molecule has 1 unspecified atom stereocenters. The van der Waals surface area contributed by atoms with Crippen molar-refractivity contribution in [3.63, 3.8) is 0 Å². The van der Waals surface area contributed by atoms with Crippen LogP contribution in [0.4, 0.5) is 0 Å². The Morgan fingerprint density at radius 3 is 2.62 bits per heavy atom. The molecule has 0 aromatic carbocycles. The van der Waals surface area contributed by atoms with Crippen LogP contribution in [0.15, 0.2) is 12.2 Å². The predicted octanol–water partition coefficient (Wildman–Crippen LogP) is 0.361. The Labute approximate surface area is 96.9 Å². The van der Waals surface area contributed by atoms with Crippen molar-refractivity contribution in [2.45, 2.75) is 33.0 Å². The van der Waals surface area contributed by atoms with E-state index in [1.165, 1.54) is 0 Å². The minimum absolute atomic E-state index is 0.220. The number of carbonyl (C=O) groups is 1. The highest BCUT2D eigenvalue weighted by Gasteiger charge is 2.04. The molecule has 16 heavy (non-hydrogen) atoms. The number of carbonyl (C=O) groups excluding carboxylic acids is 1. The average Bonchev–Trinajstić information content (AvgIpc) is 2.24. The summed E-state index contributed by atoms with van der Waals surface area (Å²) in [5.41, 5.74) is 0.376. The van der Waals surface area contributed by atoms with Crippen molar-refractivity contribution in [1.29, 1.82) is 0 Å². The first-order chi connectivity index (χ1) is 7.57. The lowest BCUT2D eigenvalue weighted by Crippen LogP contribution is -2.43. The van der Waals surface area contributed by atoms with Gasteiger partial charge in [0.15, 0.2) is 6.35 Å². The van der Waals surface area contributed by atoms with Gasteiger partial charge in [-0.1, -0.05) is 19.9 Å². The second-order valence-corrected chi connectivity index (χ2v) is 3.58. The summed E-state index contributed by atoms with van der Waals surface area (Å²) in [4.78, 5) is 11.0. The Bertz CT molecular complexity index is 219. The van der Waals surface area contributed by atoms with E-state index in [1.54, 1.807) is 6.92 Å². The molecule has 0 bridgehead atoms. The minimum atomic E-state index is -0.755. The van der Waals surface area contributed by atoms with E-state index in [1.807, 2.05) is 0 Å². The molecule has 94 valence electrons. The van der Waals surface area contributed by atoms with Gasteiger partial charge in [-0.05, 0) is 19.9 Å². The number of unbranched alkanes of at least 4 members (excludes halogenated alkanes) is 1. The summed E-state index contributed by atoms with van der Waals surface area (Å²) in [5.74, 6) is -0.407. The minimum Gasteiger partial charge on any atom is -0.461 e. The van der Waals surface area contributed by atoms with Gasteiger partial charge < -0.3 is 9.84 Å². The zero-order chi connectivity index (χ0) is 12.4. The Kier molecular flexibility index (Phi) is 8.80. The van der Waals surface area contributed by atoms with Gasteiger partial charge in [0, 0.05) is 12.1 Å². The Hall–Kier alpha value is -0.910.